The molecule has 9 heteroatoms. The highest BCUT2D eigenvalue weighted by molar-refractivity contribution is 7.99. The number of hydrogen-bond acceptors (Lipinski definition) is 6. The van der Waals surface area contributed by atoms with Crippen molar-refractivity contribution in [1.29, 1.82) is 0 Å². The van der Waals surface area contributed by atoms with Crippen LogP contribution in [0.25, 0.3) is 11.4 Å². The number of hydrogen-bond donors (Lipinski definition) is 0. The van der Waals surface area contributed by atoms with E-state index >= 15 is 0 Å². The number of nitrogens with zero attached hydrogens (tertiary/aromatic N) is 5. The van der Waals surface area contributed by atoms with Crippen LogP contribution < -0.4 is 0 Å². The lowest BCUT2D eigenvalue weighted by Crippen LogP contribution is -2.51. The minimum absolute atomic E-state index is 0.0236. The Morgan fingerprint density at radius 1 is 0.872 bits per heavy atom. The molecule has 39 heavy (non-hydrogen) atoms. The Bertz CT molecular complexity index is 1400. The van der Waals surface area contributed by atoms with Crippen molar-refractivity contribution >= 4 is 23.6 Å². The van der Waals surface area contributed by atoms with E-state index in [-0.39, 0.29) is 23.0 Å². The van der Waals surface area contributed by atoms with Gasteiger partial charge in [-0.15, -0.1) is 10.2 Å². The normalized spacial score (nSPS) is 14.0. The van der Waals surface area contributed by atoms with Crippen LogP contribution in [-0.4, -0.2) is 68.3 Å². The van der Waals surface area contributed by atoms with E-state index in [2.05, 4.69) is 71.9 Å². The van der Waals surface area contributed by atoms with Gasteiger partial charge in [-0.25, -0.2) is 0 Å². The van der Waals surface area contributed by atoms with Gasteiger partial charge in [0.15, 0.2) is 16.7 Å². The molecule has 0 N–H and O–H groups in total. The highest BCUT2D eigenvalue weighted by Crippen LogP contribution is 2.28. The van der Waals surface area contributed by atoms with Gasteiger partial charge in [0.25, 0.3) is 5.91 Å². The second-order valence-corrected chi connectivity index (χ2v) is 11.6. The van der Waals surface area contributed by atoms with Gasteiger partial charge in [0, 0.05) is 31.7 Å². The molecule has 8 nitrogen and oxygen atoms in total. The fourth-order valence-electron chi connectivity index (χ4n) is 4.57. The number of amides is 2. The number of thioether (sulfide) groups is 1. The first-order valence-electron chi connectivity index (χ1n) is 13.1. The monoisotopic (exact) mass is 543 g/mol. The lowest BCUT2D eigenvalue weighted by molar-refractivity contribution is -0.129. The zero-order chi connectivity index (χ0) is 27.4. The Hall–Kier alpha value is -3.85. The molecule has 0 unspecified atom stereocenters. The maximum absolute atomic E-state index is 13.1. The molecule has 0 radical (unpaired) electrons. The summed E-state index contributed by atoms with van der Waals surface area (Å²) in [5.74, 6) is 1.24. The fourth-order valence-corrected chi connectivity index (χ4v) is 5.41. The molecule has 2 aromatic heterocycles. The molecule has 1 aliphatic heterocycles. The Balaban J connectivity index is 1.27. The van der Waals surface area contributed by atoms with E-state index in [0.717, 1.165) is 17.0 Å². The van der Waals surface area contributed by atoms with Gasteiger partial charge in [0.05, 0.1) is 18.6 Å². The van der Waals surface area contributed by atoms with Crippen LogP contribution in [0.5, 0.6) is 0 Å². The molecule has 0 spiro atoms. The number of carbonyl (C=O) groups is 2. The summed E-state index contributed by atoms with van der Waals surface area (Å²) in [6, 6.07) is 22.0. The van der Waals surface area contributed by atoms with Crippen LogP contribution in [0.2, 0.25) is 0 Å². The minimum Gasteiger partial charge on any atom is -0.459 e. The summed E-state index contributed by atoms with van der Waals surface area (Å²) in [5.41, 5.74) is 3.44. The average Bonchev–Trinajstić information content (AvgIpc) is 3.62. The van der Waals surface area contributed by atoms with Crippen LogP contribution in [0.3, 0.4) is 0 Å². The van der Waals surface area contributed by atoms with Crippen LogP contribution in [0.4, 0.5) is 0 Å². The standard InChI is InChI=1S/C30H33N5O3S/c1-30(2,3)24-13-11-23(12-14-24)27-31-32-29(35(27)20-22-8-5-4-6-9-22)39-21-26(36)33-15-17-34(18-16-33)28(37)25-10-7-19-38-25/h4-14,19H,15-18,20-21H2,1-3H3. The SMILES string of the molecule is CC(C)(C)c1ccc(-c2nnc(SCC(=O)N3CCN(C(=O)c4ccco4)CC3)n2Cc2ccccc2)cc1. The molecule has 0 atom stereocenters. The summed E-state index contributed by atoms with van der Waals surface area (Å²) in [6.07, 6.45) is 1.49. The molecule has 1 aliphatic rings. The highest BCUT2D eigenvalue weighted by atomic mass is 32.2. The molecule has 2 amide bonds. The molecule has 0 bridgehead atoms. The Kier molecular flexibility index (Phi) is 7.88. The molecule has 0 saturated carbocycles. The first-order chi connectivity index (χ1) is 18.8. The summed E-state index contributed by atoms with van der Waals surface area (Å²) in [5, 5.41) is 9.72. The van der Waals surface area contributed by atoms with E-state index < -0.39 is 0 Å². The molecule has 4 aromatic rings. The molecule has 1 fully saturated rings. The average molecular weight is 544 g/mol. The molecule has 5 rings (SSSR count). The minimum atomic E-state index is -0.140. The molecular weight excluding hydrogens is 510 g/mol. The van der Waals surface area contributed by atoms with Crippen LogP contribution >= 0.6 is 11.8 Å². The van der Waals surface area contributed by atoms with Crippen molar-refractivity contribution in [2.75, 3.05) is 31.9 Å². The summed E-state index contributed by atoms with van der Waals surface area (Å²) in [7, 11) is 0. The van der Waals surface area contributed by atoms with Crippen molar-refractivity contribution in [1.82, 2.24) is 24.6 Å². The van der Waals surface area contributed by atoms with Gasteiger partial charge in [0.1, 0.15) is 0 Å². The molecule has 0 aliphatic carbocycles. The third-order valence-electron chi connectivity index (χ3n) is 6.89. The molecular formula is C30H33N5O3S. The number of aromatic nitrogens is 3. The Morgan fingerprint density at radius 2 is 1.56 bits per heavy atom. The van der Waals surface area contributed by atoms with E-state index in [4.69, 9.17) is 4.42 Å². The van der Waals surface area contributed by atoms with E-state index in [1.54, 1.807) is 17.0 Å². The van der Waals surface area contributed by atoms with Crippen LogP contribution in [0, 0.1) is 0 Å². The lowest BCUT2D eigenvalue weighted by Gasteiger charge is -2.34. The maximum Gasteiger partial charge on any atom is 0.289 e. The van der Waals surface area contributed by atoms with E-state index in [1.807, 2.05) is 23.1 Å². The van der Waals surface area contributed by atoms with Gasteiger partial charge in [-0.05, 0) is 28.7 Å². The molecule has 202 valence electrons. The number of furan rings is 1. The summed E-state index contributed by atoms with van der Waals surface area (Å²) in [6.45, 7) is 9.15. The molecule has 2 aromatic carbocycles. The second kappa shape index (κ2) is 11.5. The largest absolute Gasteiger partial charge is 0.459 e. The van der Waals surface area contributed by atoms with Crippen molar-refractivity contribution in [3.8, 4) is 11.4 Å². The summed E-state index contributed by atoms with van der Waals surface area (Å²) < 4.78 is 7.31. The summed E-state index contributed by atoms with van der Waals surface area (Å²) >= 11 is 1.40. The van der Waals surface area contributed by atoms with Gasteiger partial charge in [0.2, 0.25) is 5.91 Å². The highest BCUT2D eigenvalue weighted by Gasteiger charge is 2.26. The predicted molar refractivity (Wildman–Crippen MR) is 152 cm³/mol. The van der Waals surface area contributed by atoms with Crippen LogP contribution in [0.15, 0.2) is 82.6 Å². The van der Waals surface area contributed by atoms with Crippen molar-refractivity contribution < 1.29 is 14.0 Å². The van der Waals surface area contributed by atoms with E-state index in [1.165, 1.54) is 23.6 Å². The van der Waals surface area contributed by atoms with Crippen molar-refractivity contribution in [2.45, 2.75) is 37.9 Å². The van der Waals surface area contributed by atoms with Gasteiger partial charge in [-0.3, -0.25) is 14.2 Å². The van der Waals surface area contributed by atoms with Crippen molar-refractivity contribution in [3.63, 3.8) is 0 Å². The number of benzene rings is 2. The van der Waals surface area contributed by atoms with E-state index in [0.29, 0.717) is 43.6 Å². The van der Waals surface area contributed by atoms with Gasteiger partial charge >= 0.3 is 0 Å². The van der Waals surface area contributed by atoms with Gasteiger partial charge in [-0.2, -0.15) is 0 Å². The topological polar surface area (TPSA) is 84.5 Å². The van der Waals surface area contributed by atoms with Crippen molar-refractivity contribution in [3.05, 3.63) is 89.9 Å². The zero-order valence-corrected chi connectivity index (χ0v) is 23.4. The number of carbonyl (C=O) groups excluding carboxylic acids is 2. The first-order valence-corrected chi connectivity index (χ1v) is 14.1. The van der Waals surface area contributed by atoms with Crippen molar-refractivity contribution in [2.24, 2.45) is 0 Å². The zero-order valence-electron chi connectivity index (χ0n) is 22.5. The lowest BCUT2D eigenvalue weighted by atomic mass is 9.87. The smallest absolute Gasteiger partial charge is 0.289 e. The van der Waals surface area contributed by atoms with Gasteiger partial charge < -0.3 is 14.2 Å². The third kappa shape index (κ3) is 6.25. The van der Waals surface area contributed by atoms with Crippen LogP contribution in [0.1, 0.15) is 42.5 Å². The third-order valence-corrected chi connectivity index (χ3v) is 7.84. The first kappa shape index (κ1) is 26.7. The predicted octanol–water partition coefficient (Wildman–Crippen LogP) is 4.96. The second-order valence-electron chi connectivity index (χ2n) is 10.6. The maximum atomic E-state index is 13.1. The summed E-state index contributed by atoms with van der Waals surface area (Å²) in [4.78, 5) is 29.1. The quantitative estimate of drug-likeness (QED) is 0.306. The fraction of sp³-hybridized carbons (Fsp3) is 0.333. The number of piperazine rings is 1. The molecule has 1 saturated heterocycles. The van der Waals surface area contributed by atoms with Gasteiger partial charge in [-0.1, -0.05) is 87.1 Å². The molecule has 3 heterocycles. The Labute approximate surface area is 233 Å². The number of rotatable bonds is 7. The Morgan fingerprint density at radius 3 is 2.21 bits per heavy atom. The van der Waals surface area contributed by atoms with E-state index in [9.17, 15) is 9.59 Å². The van der Waals surface area contributed by atoms with Crippen LogP contribution in [-0.2, 0) is 16.8 Å².